The zero-order chi connectivity index (χ0) is 15.4. The monoisotopic (exact) mass is 346 g/mol. The number of piperazine rings is 1. The van der Waals surface area contributed by atoms with Gasteiger partial charge in [-0.1, -0.05) is 30.1 Å². The maximum absolute atomic E-state index is 12.5. The number of carbonyl (C=O) groups is 1. The van der Waals surface area contributed by atoms with Crippen LogP contribution in [0.15, 0.2) is 23.1 Å². The average molecular weight is 347 g/mol. The van der Waals surface area contributed by atoms with E-state index in [-0.39, 0.29) is 11.2 Å². The highest BCUT2D eigenvalue weighted by atomic mass is 35.5. The van der Waals surface area contributed by atoms with Crippen LogP contribution in [0.25, 0.3) is 0 Å². The van der Waals surface area contributed by atoms with Crippen LogP contribution in [0, 0.1) is 0 Å². The molecule has 3 nitrogen and oxygen atoms in total. The fourth-order valence-electron chi connectivity index (χ4n) is 2.35. The van der Waals surface area contributed by atoms with Crippen LogP contribution in [0.3, 0.4) is 0 Å². The molecule has 1 aromatic rings. The van der Waals surface area contributed by atoms with Gasteiger partial charge in [-0.05, 0) is 31.7 Å². The second kappa shape index (κ2) is 7.73. The highest BCUT2D eigenvalue weighted by molar-refractivity contribution is 8.00. The zero-order valence-electron chi connectivity index (χ0n) is 12.3. The van der Waals surface area contributed by atoms with Crippen molar-refractivity contribution in [3.05, 3.63) is 28.2 Å². The van der Waals surface area contributed by atoms with Crippen LogP contribution in [0.1, 0.15) is 13.8 Å². The van der Waals surface area contributed by atoms with Crippen LogP contribution >= 0.6 is 35.0 Å². The van der Waals surface area contributed by atoms with Gasteiger partial charge in [-0.2, -0.15) is 0 Å². The Morgan fingerprint density at radius 3 is 2.57 bits per heavy atom. The molecule has 2 rings (SSSR count). The molecule has 0 N–H and O–H groups in total. The number of benzene rings is 1. The fourth-order valence-corrected chi connectivity index (χ4v) is 3.84. The molecule has 116 valence electrons. The highest BCUT2D eigenvalue weighted by Gasteiger charge is 2.25. The Hall–Kier alpha value is -0.420. The highest BCUT2D eigenvalue weighted by Crippen LogP contribution is 2.33. The third-order valence-electron chi connectivity index (χ3n) is 3.68. The van der Waals surface area contributed by atoms with E-state index in [1.165, 1.54) is 11.8 Å². The second-order valence-electron chi connectivity index (χ2n) is 5.09. The van der Waals surface area contributed by atoms with Crippen LogP contribution < -0.4 is 0 Å². The molecule has 1 saturated heterocycles. The van der Waals surface area contributed by atoms with Gasteiger partial charge in [0.1, 0.15) is 0 Å². The number of halogens is 2. The lowest BCUT2D eigenvalue weighted by Crippen LogP contribution is -2.50. The molecular formula is C15H20Cl2N2OS. The van der Waals surface area contributed by atoms with E-state index < -0.39 is 0 Å². The minimum Gasteiger partial charge on any atom is -0.339 e. The van der Waals surface area contributed by atoms with Crippen LogP contribution in [0.5, 0.6) is 0 Å². The largest absolute Gasteiger partial charge is 0.339 e. The van der Waals surface area contributed by atoms with Gasteiger partial charge < -0.3 is 9.80 Å². The van der Waals surface area contributed by atoms with Gasteiger partial charge >= 0.3 is 0 Å². The number of hydrogen-bond acceptors (Lipinski definition) is 3. The minimum atomic E-state index is -0.158. The van der Waals surface area contributed by atoms with E-state index in [9.17, 15) is 4.79 Å². The first kappa shape index (κ1) is 16.9. The molecule has 1 unspecified atom stereocenters. The SMILES string of the molecule is CCN1CCN(C(=O)C(C)Sc2cc(Cl)ccc2Cl)CC1. The van der Waals surface area contributed by atoms with Crippen LogP contribution in [0.4, 0.5) is 0 Å². The number of likely N-dealkylation sites (N-methyl/N-ethyl adjacent to an activating group) is 1. The van der Waals surface area contributed by atoms with Crippen molar-refractivity contribution in [1.82, 2.24) is 9.80 Å². The summed E-state index contributed by atoms with van der Waals surface area (Å²) in [6.07, 6.45) is 0. The molecule has 1 amide bonds. The van der Waals surface area contributed by atoms with Gasteiger partial charge in [0.25, 0.3) is 0 Å². The van der Waals surface area contributed by atoms with E-state index in [1.807, 2.05) is 17.9 Å². The van der Waals surface area contributed by atoms with Gasteiger partial charge in [-0.25, -0.2) is 0 Å². The lowest BCUT2D eigenvalue weighted by Gasteiger charge is -2.35. The first-order chi connectivity index (χ1) is 10.0. The van der Waals surface area contributed by atoms with E-state index in [0.717, 1.165) is 37.6 Å². The molecule has 0 spiro atoms. The quantitative estimate of drug-likeness (QED) is 0.777. The van der Waals surface area contributed by atoms with E-state index >= 15 is 0 Å². The number of rotatable bonds is 4. The Bertz CT molecular complexity index is 504. The van der Waals surface area contributed by atoms with Gasteiger partial charge in [0.05, 0.1) is 10.3 Å². The summed E-state index contributed by atoms with van der Waals surface area (Å²) >= 11 is 13.6. The van der Waals surface area contributed by atoms with Gasteiger partial charge in [0.15, 0.2) is 0 Å². The second-order valence-corrected chi connectivity index (χ2v) is 7.32. The topological polar surface area (TPSA) is 23.6 Å². The first-order valence-corrected chi connectivity index (χ1v) is 8.77. The Labute approximate surface area is 140 Å². The smallest absolute Gasteiger partial charge is 0.235 e. The van der Waals surface area contributed by atoms with Crippen molar-refractivity contribution in [3.63, 3.8) is 0 Å². The Morgan fingerprint density at radius 2 is 1.95 bits per heavy atom. The molecule has 1 aliphatic rings. The molecule has 0 radical (unpaired) electrons. The maximum Gasteiger partial charge on any atom is 0.235 e. The molecule has 0 aliphatic carbocycles. The molecule has 1 aromatic carbocycles. The lowest BCUT2D eigenvalue weighted by atomic mass is 10.3. The molecule has 6 heteroatoms. The Balaban J connectivity index is 1.95. The van der Waals surface area contributed by atoms with Crippen molar-refractivity contribution < 1.29 is 4.79 Å². The predicted octanol–water partition coefficient (Wildman–Crippen LogP) is 3.64. The van der Waals surface area contributed by atoms with Gasteiger partial charge in [0.2, 0.25) is 5.91 Å². The summed E-state index contributed by atoms with van der Waals surface area (Å²) in [4.78, 5) is 17.7. The molecule has 1 heterocycles. The summed E-state index contributed by atoms with van der Waals surface area (Å²) in [5.74, 6) is 0.173. The third-order valence-corrected chi connectivity index (χ3v) is 5.50. The number of carbonyl (C=O) groups excluding carboxylic acids is 1. The van der Waals surface area contributed by atoms with Gasteiger partial charge in [-0.3, -0.25) is 4.79 Å². The predicted molar refractivity (Wildman–Crippen MR) is 90.5 cm³/mol. The summed E-state index contributed by atoms with van der Waals surface area (Å²) in [6, 6.07) is 5.33. The molecule has 0 aromatic heterocycles. The summed E-state index contributed by atoms with van der Waals surface area (Å²) in [5.41, 5.74) is 0. The summed E-state index contributed by atoms with van der Waals surface area (Å²) in [7, 11) is 0. The molecule has 1 aliphatic heterocycles. The van der Waals surface area contributed by atoms with Crippen LogP contribution in [-0.2, 0) is 4.79 Å². The summed E-state index contributed by atoms with van der Waals surface area (Å²) in [5, 5.41) is 1.12. The van der Waals surface area contributed by atoms with E-state index in [2.05, 4.69) is 11.8 Å². The molecule has 1 fully saturated rings. The van der Waals surface area contributed by atoms with Gasteiger partial charge in [0, 0.05) is 36.1 Å². The van der Waals surface area contributed by atoms with Crippen LogP contribution in [0.2, 0.25) is 10.0 Å². The number of nitrogens with zero attached hydrogens (tertiary/aromatic N) is 2. The van der Waals surface area contributed by atoms with E-state index in [1.54, 1.807) is 12.1 Å². The third kappa shape index (κ3) is 4.52. The maximum atomic E-state index is 12.5. The molecule has 1 atom stereocenters. The molecule has 0 saturated carbocycles. The number of hydrogen-bond donors (Lipinski definition) is 0. The number of amides is 1. The summed E-state index contributed by atoms with van der Waals surface area (Å²) < 4.78 is 0. The number of thioether (sulfide) groups is 1. The average Bonchev–Trinajstić information content (AvgIpc) is 2.50. The van der Waals surface area contributed by atoms with Crippen LogP contribution in [-0.4, -0.2) is 53.7 Å². The van der Waals surface area contributed by atoms with Crippen molar-refractivity contribution >= 4 is 40.9 Å². The lowest BCUT2D eigenvalue weighted by molar-refractivity contribution is -0.132. The van der Waals surface area contributed by atoms with Gasteiger partial charge in [-0.15, -0.1) is 11.8 Å². The van der Waals surface area contributed by atoms with Crippen molar-refractivity contribution in [1.29, 1.82) is 0 Å². The van der Waals surface area contributed by atoms with Crippen molar-refractivity contribution in [3.8, 4) is 0 Å². The van der Waals surface area contributed by atoms with E-state index in [0.29, 0.717) is 10.0 Å². The molecule has 0 bridgehead atoms. The Morgan fingerprint density at radius 1 is 1.29 bits per heavy atom. The fraction of sp³-hybridized carbons (Fsp3) is 0.533. The normalized spacial score (nSPS) is 17.8. The Kier molecular flexibility index (Phi) is 6.23. The zero-order valence-corrected chi connectivity index (χ0v) is 14.6. The first-order valence-electron chi connectivity index (χ1n) is 7.14. The van der Waals surface area contributed by atoms with E-state index in [4.69, 9.17) is 23.2 Å². The summed E-state index contributed by atoms with van der Waals surface area (Å²) in [6.45, 7) is 8.65. The van der Waals surface area contributed by atoms with Crippen molar-refractivity contribution in [2.75, 3.05) is 32.7 Å². The standard InChI is InChI=1S/C15H20Cl2N2OS/c1-3-18-6-8-19(9-7-18)15(20)11(2)21-14-10-12(16)4-5-13(14)17/h4-5,10-11H,3,6-9H2,1-2H3. The minimum absolute atomic E-state index is 0.158. The molecule has 21 heavy (non-hydrogen) atoms. The molecular weight excluding hydrogens is 327 g/mol. The van der Waals surface area contributed by atoms with Crippen molar-refractivity contribution in [2.24, 2.45) is 0 Å². The van der Waals surface area contributed by atoms with Crippen molar-refractivity contribution in [2.45, 2.75) is 24.0 Å².